The van der Waals surface area contributed by atoms with Crippen LogP contribution >= 0.6 is 23.8 Å². The number of rotatable bonds is 3. The summed E-state index contributed by atoms with van der Waals surface area (Å²) in [5, 5.41) is 1.13. The second-order valence-electron chi connectivity index (χ2n) is 5.66. The van der Waals surface area contributed by atoms with Crippen molar-refractivity contribution in [3.8, 4) is 5.69 Å². The number of nitrogens with zero attached hydrogens (tertiary/aromatic N) is 1. The third-order valence-corrected chi connectivity index (χ3v) is 4.71. The van der Waals surface area contributed by atoms with Gasteiger partial charge in [-0.15, -0.1) is 0 Å². The zero-order valence-corrected chi connectivity index (χ0v) is 14.5. The molecule has 0 saturated heterocycles. The predicted octanol–water partition coefficient (Wildman–Crippen LogP) is 5.22. The molecule has 1 heterocycles. The largest absolute Gasteiger partial charge is 0.331 e. The highest BCUT2D eigenvalue weighted by atomic mass is 35.5. The molecule has 23 heavy (non-hydrogen) atoms. The van der Waals surface area contributed by atoms with Crippen molar-refractivity contribution in [2.75, 3.05) is 0 Å². The second kappa shape index (κ2) is 6.30. The minimum absolute atomic E-state index is 0.142. The van der Waals surface area contributed by atoms with Crippen LogP contribution in [-0.2, 0) is 0 Å². The van der Waals surface area contributed by atoms with E-state index in [4.69, 9.17) is 23.8 Å². The van der Waals surface area contributed by atoms with Gasteiger partial charge in [-0.25, -0.2) is 0 Å². The maximum atomic E-state index is 12.8. The molecule has 0 radical (unpaired) electrons. The van der Waals surface area contributed by atoms with E-state index >= 15 is 0 Å². The molecule has 0 aliphatic carbocycles. The smallest absolute Gasteiger partial charge is 0.266 e. The van der Waals surface area contributed by atoms with E-state index in [2.05, 4.69) is 31.0 Å². The van der Waals surface area contributed by atoms with Gasteiger partial charge in [-0.3, -0.25) is 9.36 Å². The molecule has 0 fully saturated rings. The Morgan fingerprint density at radius 2 is 1.91 bits per heavy atom. The van der Waals surface area contributed by atoms with E-state index in [1.807, 2.05) is 12.1 Å². The number of nitrogens with one attached hydrogen (secondary N) is 1. The van der Waals surface area contributed by atoms with Crippen LogP contribution in [0.15, 0.2) is 47.3 Å². The minimum Gasteiger partial charge on any atom is -0.331 e. The van der Waals surface area contributed by atoms with Crippen LogP contribution in [0, 0.1) is 4.77 Å². The highest BCUT2D eigenvalue weighted by molar-refractivity contribution is 7.71. The van der Waals surface area contributed by atoms with Crippen molar-refractivity contribution in [3.63, 3.8) is 0 Å². The van der Waals surface area contributed by atoms with Crippen molar-refractivity contribution in [3.05, 3.63) is 68.2 Å². The summed E-state index contributed by atoms with van der Waals surface area (Å²) < 4.78 is 1.88. The average Bonchev–Trinajstić information content (AvgIpc) is 2.54. The maximum Gasteiger partial charge on any atom is 0.266 e. The van der Waals surface area contributed by atoms with E-state index in [0.717, 1.165) is 12.1 Å². The highest BCUT2D eigenvalue weighted by Crippen LogP contribution is 2.20. The Hall–Kier alpha value is -1.91. The van der Waals surface area contributed by atoms with E-state index in [1.165, 1.54) is 10.1 Å². The summed E-state index contributed by atoms with van der Waals surface area (Å²) in [5.74, 6) is 0.494. The predicted molar refractivity (Wildman–Crippen MR) is 98.4 cm³/mol. The molecule has 3 nitrogen and oxygen atoms in total. The molecule has 2 aromatic carbocycles. The van der Waals surface area contributed by atoms with Gasteiger partial charge in [0.2, 0.25) is 0 Å². The van der Waals surface area contributed by atoms with Crippen molar-refractivity contribution in [2.45, 2.75) is 26.2 Å². The fraction of sp³-hybridized carbons (Fsp3) is 0.222. The molecule has 1 atom stereocenters. The van der Waals surface area contributed by atoms with Gasteiger partial charge in [0.1, 0.15) is 0 Å². The first-order valence-corrected chi connectivity index (χ1v) is 8.35. The van der Waals surface area contributed by atoms with Crippen molar-refractivity contribution in [2.24, 2.45) is 0 Å². The molecule has 0 amide bonds. The highest BCUT2D eigenvalue weighted by Gasteiger charge is 2.09. The quantitative estimate of drug-likeness (QED) is 0.662. The van der Waals surface area contributed by atoms with Crippen LogP contribution in [0.3, 0.4) is 0 Å². The topological polar surface area (TPSA) is 37.8 Å². The SMILES string of the molecule is CCC(C)c1ccc(-n2c(=S)[nH]c3cc(Cl)ccc3c2=O)cc1. The lowest BCUT2D eigenvalue weighted by Gasteiger charge is -2.12. The number of hydrogen-bond donors (Lipinski definition) is 1. The number of aromatic amines is 1. The molecule has 118 valence electrons. The zero-order valence-electron chi connectivity index (χ0n) is 13.0. The van der Waals surface area contributed by atoms with Crippen molar-refractivity contribution in [1.82, 2.24) is 9.55 Å². The van der Waals surface area contributed by atoms with E-state index in [0.29, 0.717) is 26.6 Å². The Balaban J connectivity index is 2.18. The zero-order chi connectivity index (χ0) is 16.6. The molecule has 0 aliphatic heterocycles. The molecule has 0 saturated carbocycles. The molecular formula is C18H17ClN2OS. The molecule has 5 heteroatoms. The Kier molecular flexibility index (Phi) is 4.37. The first kappa shape index (κ1) is 16.0. The molecule has 3 rings (SSSR count). The van der Waals surface area contributed by atoms with Crippen LogP contribution in [-0.4, -0.2) is 9.55 Å². The van der Waals surface area contributed by atoms with Crippen LogP contribution in [0.5, 0.6) is 0 Å². The van der Waals surface area contributed by atoms with E-state index in [-0.39, 0.29) is 5.56 Å². The van der Waals surface area contributed by atoms with Gasteiger partial charge >= 0.3 is 0 Å². The standard InChI is InChI=1S/C18H17ClN2OS/c1-3-11(2)12-4-7-14(8-5-12)21-17(22)15-9-6-13(19)10-16(15)20-18(21)23/h4-11H,3H2,1-2H3,(H,20,23). The van der Waals surface area contributed by atoms with Crippen LogP contribution in [0.4, 0.5) is 0 Å². The first-order valence-electron chi connectivity index (χ1n) is 7.56. The van der Waals surface area contributed by atoms with Crippen LogP contribution < -0.4 is 5.56 Å². The summed E-state index contributed by atoms with van der Waals surface area (Å²) in [6.45, 7) is 4.35. The Labute approximate surface area is 144 Å². The van der Waals surface area contributed by atoms with E-state index in [9.17, 15) is 4.79 Å². The lowest BCUT2D eigenvalue weighted by Crippen LogP contribution is -2.20. The summed E-state index contributed by atoms with van der Waals surface area (Å²) in [6, 6.07) is 13.1. The molecular weight excluding hydrogens is 328 g/mol. The van der Waals surface area contributed by atoms with Crippen molar-refractivity contribution in [1.29, 1.82) is 0 Å². The van der Waals surface area contributed by atoms with Gasteiger partial charge in [0.05, 0.1) is 16.6 Å². The van der Waals surface area contributed by atoms with Gasteiger partial charge in [-0.2, -0.15) is 0 Å². The summed E-state index contributed by atoms with van der Waals surface area (Å²) in [7, 11) is 0. The van der Waals surface area contributed by atoms with Gasteiger partial charge < -0.3 is 4.98 Å². The number of aromatic nitrogens is 2. The summed E-state index contributed by atoms with van der Waals surface area (Å²) in [6.07, 6.45) is 1.08. The normalized spacial score (nSPS) is 12.5. The molecule has 3 aromatic rings. The van der Waals surface area contributed by atoms with Crippen LogP contribution in [0.25, 0.3) is 16.6 Å². The molecule has 0 bridgehead atoms. The number of halogens is 1. The summed E-state index contributed by atoms with van der Waals surface area (Å²) in [5.41, 5.74) is 2.53. The first-order chi connectivity index (χ1) is 11.0. The van der Waals surface area contributed by atoms with Crippen LogP contribution in [0.2, 0.25) is 5.02 Å². The maximum absolute atomic E-state index is 12.8. The average molecular weight is 345 g/mol. The Bertz CT molecular complexity index is 973. The lowest BCUT2D eigenvalue weighted by molar-refractivity contribution is 0.733. The molecule has 0 spiro atoms. The van der Waals surface area contributed by atoms with Crippen molar-refractivity contribution >= 4 is 34.7 Å². The summed E-state index contributed by atoms with van der Waals surface area (Å²) in [4.78, 5) is 15.8. The number of fused-ring (bicyclic) bond motifs is 1. The van der Waals surface area contributed by atoms with Gasteiger partial charge in [0.15, 0.2) is 4.77 Å². The third-order valence-electron chi connectivity index (χ3n) is 4.19. The number of H-pyrrole nitrogens is 1. The molecule has 1 unspecified atom stereocenters. The van der Waals surface area contributed by atoms with Crippen LogP contribution in [0.1, 0.15) is 31.7 Å². The Morgan fingerprint density at radius 1 is 1.22 bits per heavy atom. The Morgan fingerprint density at radius 3 is 2.57 bits per heavy atom. The van der Waals surface area contributed by atoms with Gasteiger partial charge in [-0.05, 0) is 60.5 Å². The van der Waals surface area contributed by atoms with Gasteiger partial charge in [0, 0.05) is 5.02 Å². The monoisotopic (exact) mass is 344 g/mol. The number of hydrogen-bond acceptors (Lipinski definition) is 2. The van der Waals surface area contributed by atoms with Crippen molar-refractivity contribution < 1.29 is 0 Å². The second-order valence-corrected chi connectivity index (χ2v) is 6.48. The fourth-order valence-electron chi connectivity index (χ4n) is 2.61. The molecule has 1 N–H and O–H groups in total. The van der Waals surface area contributed by atoms with Gasteiger partial charge in [0.25, 0.3) is 5.56 Å². The third kappa shape index (κ3) is 2.96. The molecule has 1 aromatic heterocycles. The lowest BCUT2D eigenvalue weighted by atomic mass is 9.98. The summed E-state index contributed by atoms with van der Waals surface area (Å²) >= 11 is 11.3. The number of benzene rings is 2. The van der Waals surface area contributed by atoms with E-state index < -0.39 is 0 Å². The fourth-order valence-corrected chi connectivity index (χ4v) is 3.08. The molecule has 0 aliphatic rings. The van der Waals surface area contributed by atoms with Gasteiger partial charge in [-0.1, -0.05) is 37.6 Å². The van der Waals surface area contributed by atoms with E-state index in [1.54, 1.807) is 18.2 Å². The minimum atomic E-state index is -0.142.